The molecule has 3 nitrogen and oxygen atoms in total. The Morgan fingerprint density at radius 2 is 1.83 bits per heavy atom. The van der Waals surface area contributed by atoms with Gasteiger partial charge in [-0.3, -0.25) is 0 Å². The SMILES string of the molecule is CC(C)Cn1c(CO)cnc1SCc1ccc(C(C)(C)C)cc1. The molecule has 0 aliphatic rings. The fourth-order valence-electron chi connectivity index (χ4n) is 2.44. The molecule has 0 atom stereocenters. The van der Waals surface area contributed by atoms with Gasteiger partial charge in [0.25, 0.3) is 0 Å². The van der Waals surface area contributed by atoms with Gasteiger partial charge in [0.15, 0.2) is 5.16 Å². The van der Waals surface area contributed by atoms with Crippen molar-refractivity contribution in [3.63, 3.8) is 0 Å². The number of benzene rings is 1. The van der Waals surface area contributed by atoms with Crippen LogP contribution in [0, 0.1) is 5.92 Å². The molecule has 0 radical (unpaired) electrons. The van der Waals surface area contributed by atoms with E-state index in [1.165, 1.54) is 11.1 Å². The highest BCUT2D eigenvalue weighted by molar-refractivity contribution is 7.98. The van der Waals surface area contributed by atoms with Crippen molar-refractivity contribution in [3.05, 3.63) is 47.3 Å². The van der Waals surface area contributed by atoms with Crippen molar-refractivity contribution in [2.75, 3.05) is 0 Å². The van der Waals surface area contributed by atoms with E-state index in [-0.39, 0.29) is 12.0 Å². The summed E-state index contributed by atoms with van der Waals surface area (Å²) in [4.78, 5) is 4.48. The van der Waals surface area contributed by atoms with Gasteiger partial charge in [0, 0.05) is 12.3 Å². The summed E-state index contributed by atoms with van der Waals surface area (Å²) in [6.45, 7) is 12.0. The van der Waals surface area contributed by atoms with Crippen molar-refractivity contribution in [3.8, 4) is 0 Å². The average Bonchev–Trinajstić information content (AvgIpc) is 2.86. The summed E-state index contributed by atoms with van der Waals surface area (Å²) in [5.74, 6) is 1.42. The van der Waals surface area contributed by atoms with Crippen LogP contribution in [-0.2, 0) is 24.3 Å². The molecule has 0 amide bonds. The Morgan fingerprint density at radius 3 is 2.35 bits per heavy atom. The van der Waals surface area contributed by atoms with Crippen molar-refractivity contribution < 1.29 is 5.11 Å². The van der Waals surface area contributed by atoms with Gasteiger partial charge in [0.1, 0.15) is 0 Å². The van der Waals surface area contributed by atoms with Crippen LogP contribution >= 0.6 is 11.8 Å². The number of aliphatic hydroxyl groups is 1. The van der Waals surface area contributed by atoms with E-state index in [0.29, 0.717) is 5.92 Å². The Bertz CT molecular complexity index is 624. The van der Waals surface area contributed by atoms with Gasteiger partial charge in [-0.15, -0.1) is 0 Å². The number of thioether (sulfide) groups is 1. The molecular formula is C19H28N2OS. The molecule has 0 fully saturated rings. The molecule has 0 bridgehead atoms. The second-order valence-corrected chi connectivity index (χ2v) is 8.37. The van der Waals surface area contributed by atoms with Gasteiger partial charge in [-0.25, -0.2) is 4.98 Å². The molecule has 0 aliphatic heterocycles. The molecule has 0 saturated carbocycles. The van der Waals surface area contributed by atoms with Crippen LogP contribution in [0.4, 0.5) is 0 Å². The largest absolute Gasteiger partial charge is 0.390 e. The number of hydrogen-bond donors (Lipinski definition) is 1. The zero-order valence-electron chi connectivity index (χ0n) is 14.8. The molecule has 0 saturated heterocycles. The maximum atomic E-state index is 9.47. The summed E-state index contributed by atoms with van der Waals surface area (Å²) < 4.78 is 2.14. The molecule has 0 spiro atoms. The fourth-order valence-corrected chi connectivity index (χ4v) is 3.41. The van der Waals surface area contributed by atoms with Gasteiger partial charge in [-0.2, -0.15) is 0 Å². The number of aromatic nitrogens is 2. The van der Waals surface area contributed by atoms with Gasteiger partial charge in [0.05, 0.1) is 18.5 Å². The van der Waals surface area contributed by atoms with Crippen molar-refractivity contribution in [1.29, 1.82) is 0 Å². The van der Waals surface area contributed by atoms with Crippen molar-refractivity contribution in [2.24, 2.45) is 5.92 Å². The molecule has 2 rings (SSSR count). The van der Waals surface area contributed by atoms with Crippen LogP contribution in [0.25, 0.3) is 0 Å². The van der Waals surface area contributed by atoms with Gasteiger partial charge >= 0.3 is 0 Å². The first-order chi connectivity index (χ1) is 10.8. The molecule has 0 aliphatic carbocycles. The molecule has 1 aromatic carbocycles. The third-order valence-electron chi connectivity index (χ3n) is 3.80. The number of rotatable bonds is 6. The minimum absolute atomic E-state index is 0.0422. The number of aliphatic hydroxyl groups excluding tert-OH is 1. The van der Waals surface area contributed by atoms with Crippen LogP contribution in [0.1, 0.15) is 51.4 Å². The molecule has 0 unspecified atom stereocenters. The van der Waals surface area contributed by atoms with Crippen molar-refractivity contribution in [2.45, 2.75) is 64.1 Å². The summed E-state index contributed by atoms with van der Waals surface area (Å²) in [6, 6.07) is 8.85. The highest BCUT2D eigenvalue weighted by Crippen LogP contribution is 2.26. The summed E-state index contributed by atoms with van der Waals surface area (Å²) >= 11 is 1.73. The second-order valence-electron chi connectivity index (χ2n) is 7.43. The van der Waals surface area contributed by atoms with Crippen LogP contribution < -0.4 is 0 Å². The molecular weight excluding hydrogens is 304 g/mol. The standard InChI is InChI=1S/C19H28N2OS/c1-14(2)11-21-17(12-22)10-20-18(21)23-13-15-6-8-16(9-7-15)19(3,4)5/h6-10,14,22H,11-13H2,1-5H3. The first kappa shape index (κ1) is 18.1. The monoisotopic (exact) mass is 332 g/mol. The van der Waals surface area contributed by atoms with Crippen LogP contribution in [0.5, 0.6) is 0 Å². The molecule has 2 aromatic rings. The number of hydrogen-bond acceptors (Lipinski definition) is 3. The lowest BCUT2D eigenvalue weighted by atomic mass is 9.87. The van der Waals surface area contributed by atoms with E-state index in [4.69, 9.17) is 0 Å². The number of imidazole rings is 1. The lowest BCUT2D eigenvalue weighted by Gasteiger charge is -2.19. The highest BCUT2D eigenvalue weighted by atomic mass is 32.2. The molecule has 4 heteroatoms. The topological polar surface area (TPSA) is 38.0 Å². The van der Waals surface area contributed by atoms with Gasteiger partial charge in [-0.1, -0.05) is 70.6 Å². The predicted octanol–water partition coefficient (Wildman–Crippen LogP) is 4.62. The van der Waals surface area contributed by atoms with E-state index in [2.05, 4.69) is 68.4 Å². The maximum Gasteiger partial charge on any atom is 0.168 e. The van der Waals surface area contributed by atoms with Gasteiger partial charge in [-0.05, 0) is 22.5 Å². The maximum absolute atomic E-state index is 9.47. The Hall–Kier alpha value is -1.26. The predicted molar refractivity (Wildman–Crippen MR) is 97.7 cm³/mol. The summed E-state index contributed by atoms with van der Waals surface area (Å²) in [5, 5.41) is 10.5. The molecule has 23 heavy (non-hydrogen) atoms. The lowest BCUT2D eigenvalue weighted by Crippen LogP contribution is -2.10. The van der Waals surface area contributed by atoms with Crippen LogP contribution in [0.3, 0.4) is 0 Å². The van der Waals surface area contributed by atoms with Crippen LogP contribution in [-0.4, -0.2) is 14.7 Å². The fraction of sp³-hybridized carbons (Fsp3) is 0.526. The van der Waals surface area contributed by atoms with Crippen molar-refractivity contribution in [1.82, 2.24) is 9.55 Å². The van der Waals surface area contributed by atoms with Gasteiger partial charge in [0.2, 0.25) is 0 Å². The minimum Gasteiger partial charge on any atom is -0.390 e. The molecule has 1 heterocycles. The van der Waals surface area contributed by atoms with E-state index in [1.807, 2.05) is 0 Å². The third-order valence-corrected chi connectivity index (χ3v) is 4.86. The highest BCUT2D eigenvalue weighted by Gasteiger charge is 2.14. The quantitative estimate of drug-likeness (QED) is 0.784. The Labute approximate surface area is 144 Å². The second kappa shape index (κ2) is 7.54. The summed E-state index contributed by atoms with van der Waals surface area (Å²) in [7, 11) is 0. The molecule has 1 N–H and O–H groups in total. The minimum atomic E-state index is 0.0422. The van der Waals surface area contributed by atoms with E-state index >= 15 is 0 Å². The Kier molecular flexibility index (Phi) is 5.93. The average molecular weight is 333 g/mol. The first-order valence-corrected chi connectivity index (χ1v) is 9.17. The zero-order chi connectivity index (χ0) is 17.0. The van der Waals surface area contributed by atoms with Crippen LogP contribution in [0.15, 0.2) is 35.6 Å². The summed E-state index contributed by atoms with van der Waals surface area (Å²) in [5.41, 5.74) is 3.74. The lowest BCUT2D eigenvalue weighted by molar-refractivity contribution is 0.266. The Balaban J connectivity index is 2.07. The first-order valence-electron chi connectivity index (χ1n) is 8.18. The summed E-state index contributed by atoms with van der Waals surface area (Å²) in [6.07, 6.45) is 1.79. The van der Waals surface area contributed by atoms with Crippen LogP contribution in [0.2, 0.25) is 0 Å². The third kappa shape index (κ3) is 4.85. The van der Waals surface area contributed by atoms with E-state index in [1.54, 1.807) is 18.0 Å². The normalized spacial score (nSPS) is 12.1. The zero-order valence-corrected chi connectivity index (χ0v) is 15.7. The molecule has 126 valence electrons. The smallest absolute Gasteiger partial charge is 0.168 e. The van der Waals surface area contributed by atoms with E-state index < -0.39 is 0 Å². The van der Waals surface area contributed by atoms with E-state index in [9.17, 15) is 5.11 Å². The number of nitrogens with zero attached hydrogens (tertiary/aromatic N) is 2. The Morgan fingerprint density at radius 1 is 1.17 bits per heavy atom. The molecule has 1 aromatic heterocycles. The van der Waals surface area contributed by atoms with E-state index in [0.717, 1.165) is 23.1 Å². The van der Waals surface area contributed by atoms with Gasteiger partial charge < -0.3 is 9.67 Å². The van der Waals surface area contributed by atoms with Crippen molar-refractivity contribution >= 4 is 11.8 Å².